The lowest BCUT2D eigenvalue weighted by molar-refractivity contribution is 0.243. The molecule has 3 aromatic rings. The second-order valence-electron chi connectivity index (χ2n) is 7.53. The Morgan fingerprint density at radius 1 is 1.06 bits per heavy atom. The number of carbonyl (C=O) groups is 1. The Bertz CT molecular complexity index is 996. The normalized spacial score (nSPS) is 18.3. The highest BCUT2D eigenvalue weighted by molar-refractivity contribution is 6.30. The van der Waals surface area contributed by atoms with Gasteiger partial charge in [-0.1, -0.05) is 23.7 Å². The maximum Gasteiger partial charge on any atom is 0.319 e. The minimum atomic E-state index is -0.219. The van der Waals surface area contributed by atoms with Gasteiger partial charge in [-0.3, -0.25) is 4.98 Å². The van der Waals surface area contributed by atoms with E-state index in [1.807, 2.05) is 36.7 Å². The molecule has 31 heavy (non-hydrogen) atoms. The quantitative estimate of drug-likeness (QED) is 0.595. The van der Waals surface area contributed by atoms with Gasteiger partial charge in [0.2, 0.25) is 0 Å². The van der Waals surface area contributed by atoms with Gasteiger partial charge in [-0.05, 0) is 60.5 Å². The van der Waals surface area contributed by atoms with Gasteiger partial charge in [0.05, 0.1) is 7.11 Å². The molecule has 6 nitrogen and oxygen atoms in total. The van der Waals surface area contributed by atoms with Crippen LogP contribution in [0.3, 0.4) is 0 Å². The van der Waals surface area contributed by atoms with Crippen LogP contribution in [0.4, 0.5) is 16.2 Å². The van der Waals surface area contributed by atoms with Crippen LogP contribution in [-0.2, 0) is 0 Å². The van der Waals surface area contributed by atoms with Crippen molar-refractivity contribution in [2.24, 2.45) is 0 Å². The number of ether oxygens (including phenoxy) is 1. The standard InChI is InChI=1S/C24H25ClN4O2/c1-31-21-8-2-17(3-9-21)22-16-29(20-10-13-26-14-11-20)15-12-23(22)28-24(30)27-19-6-4-18(25)5-7-19/h2-11,13-14,22-23H,12,15-16H2,1H3,(H2,27,28,30). The van der Waals surface area contributed by atoms with Crippen LogP contribution in [-0.4, -0.2) is 37.3 Å². The number of hydrogen-bond acceptors (Lipinski definition) is 4. The third kappa shape index (κ3) is 5.27. The summed E-state index contributed by atoms with van der Waals surface area (Å²) in [6, 6.07) is 19.0. The van der Waals surface area contributed by atoms with Crippen molar-refractivity contribution < 1.29 is 9.53 Å². The maximum absolute atomic E-state index is 12.7. The zero-order chi connectivity index (χ0) is 21.6. The molecule has 0 aliphatic carbocycles. The van der Waals surface area contributed by atoms with Crippen LogP contribution >= 0.6 is 11.6 Å². The molecule has 0 radical (unpaired) electrons. The van der Waals surface area contributed by atoms with E-state index >= 15 is 0 Å². The first-order valence-electron chi connectivity index (χ1n) is 10.2. The van der Waals surface area contributed by atoms with Crippen LogP contribution in [0.2, 0.25) is 5.02 Å². The second kappa shape index (κ2) is 9.71. The SMILES string of the molecule is COc1ccc(C2CN(c3ccncc3)CCC2NC(=O)Nc2ccc(Cl)cc2)cc1. The predicted molar refractivity (Wildman–Crippen MR) is 124 cm³/mol. The number of nitrogens with one attached hydrogen (secondary N) is 2. The van der Waals surface area contributed by atoms with Crippen LogP contribution in [0.1, 0.15) is 17.9 Å². The molecule has 160 valence electrons. The lowest BCUT2D eigenvalue weighted by atomic mass is 9.85. The summed E-state index contributed by atoms with van der Waals surface area (Å²) in [6.45, 7) is 1.64. The molecule has 1 aliphatic heterocycles. The average Bonchev–Trinajstić information content (AvgIpc) is 2.81. The highest BCUT2D eigenvalue weighted by Crippen LogP contribution is 2.31. The number of halogens is 1. The Kier molecular flexibility index (Phi) is 6.57. The molecular formula is C24H25ClN4O2. The lowest BCUT2D eigenvalue weighted by Gasteiger charge is -2.40. The van der Waals surface area contributed by atoms with Crippen LogP contribution in [0.5, 0.6) is 5.75 Å². The largest absolute Gasteiger partial charge is 0.497 e. The highest BCUT2D eigenvalue weighted by Gasteiger charge is 2.32. The summed E-state index contributed by atoms with van der Waals surface area (Å²) in [6.07, 6.45) is 4.44. The van der Waals surface area contributed by atoms with Crippen molar-refractivity contribution in [1.29, 1.82) is 0 Å². The van der Waals surface area contributed by atoms with E-state index in [2.05, 4.69) is 32.7 Å². The van der Waals surface area contributed by atoms with Crippen molar-refractivity contribution in [2.45, 2.75) is 18.4 Å². The van der Waals surface area contributed by atoms with Crippen LogP contribution in [0, 0.1) is 0 Å². The molecule has 1 aromatic heterocycles. The van der Waals surface area contributed by atoms with Gasteiger partial charge in [-0.15, -0.1) is 0 Å². The number of benzene rings is 2. The summed E-state index contributed by atoms with van der Waals surface area (Å²) in [4.78, 5) is 19.2. The Morgan fingerprint density at radius 2 is 1.77 bits per heavy atom. The Balaban J connectivity index is 1.51. The van der Waals surface area contributed by atoms with Gasteiger partial charge in [0.1, 0.15) is 5.75 Å². The van der Waals surface area contributed by atoms with Crippen molar-refractivity contribution in [2.75, 3.05) is 30.4 Å². The first-order valence-corrected chi connectivity index (χ1v) is 10.6. The number of amides is 2. The number of aromatic nitrogens is 1. The molecule has 0 saturated carbocycles. The molecule has 2 aromatic carbocycles. The molecule has 1 saturated heterocycles. The van der Waals surface area contributed by atoms with E-state index in [0.29, 0.717) is 10.7 Å². The molecule has 0 bridgehead atoms. The minimum absolute atomic E-state index is 0.00113. The van der Waals surface area contributed by atoms with E-state index < -0.39 is 0 Å². The monoisotopic (exact) mass is 436 g/mol. The molecule has 7 heteroatoms. The van der Waals surface area contributed by atoms with Crippen LogP contribution in [0.25, 0.3) is 0 Å². The van der Waals surface area contributed by atoms with Crippen molar-refractivity contribution in [3.05, 3.63) is 83.6 Å². The summed E-state index contributed by atoms with van der Waals surface area (Å²) in [7, 11) is 1.66. The number of methoxy groups -OCH3 is 1. The summed E-state index contributed by atoms with van der Waals surface area (Å²) in [5.74, 6) is 0.944. The lowest BCUT2D eigenvalue weighted by Crippen LogP contribution is -2.50. The topological polar surface area (TPSA) is 66.5 Å². The van der Waals surface area contributed by atoms with Crippen molar-refractivity contribution in [3.63, 3.8) is 0 Å². The van der Waals surface area contributed by atoms with Crippen molar-refractivity contribution in [3.8, 4) is 5.75 Å². The molecule has 2 atom stereocenters. The molecule has 2 amide bonds. The number of piperidine rings is 1. The Morgan fingerprint density at radius 3 is 2.45 bits per heavy atom. The fourth-order valence-electron chi connectivity index (χ4n) is 3.97. The van der Waals surface area contributed by atoms with Crippen molar-refractivity contribution in [1.82, 2.24) is 10.3 Å². The molecule has 0 spiro atoms. The molecule has 2 N–H and O–H groups in total. The zero-order valence-corrected chi connectivity index (χ0v) is 18.0. The first-order chi connectivity index (χ1) is 15.1. The molecule has 2 heterocycles. The third-order valence-corrected chi connectivity index (χ3v) is 5.86. The maximum atomic E-state index is 12.7. The number of nitrogens with zero attached hydrogens (tertiary/aromatic N) is 2. The molecule has 4 rings (SSSR count). The van der Waals surface area contributed by atoms with E-state index in [0.717, 1.165) is 36.5 Å². The fourth-order valence-corrected chi connectivity index (χ4v) is 4.10. The number of urea groups is 1. The third-order valence-electron chi connectivity index (χ3n) is 5.60. The fraction of sp³-hybridized carbons (Fsp3) is 0.250. The number of hydrogen-bond donors (Lipinski definition) is 2. The number of anilines is 2. The van der Waals surface area contributed by atoms with Gasteiger partial charge in [-0.2, -0.15) is 0 Å². The zero-order valence-electron chi connectivity index (χ0n) is 17.3. The van der Waals surface area contributed by atoms with Gasteiger partial charge >= 0.3 is 6.03 Å². The van der Waals surface area contributed by atoms with E-state index in [-0.39, 0.29) is 18.0 Å². The molecule has 1 fully saturated rings. The first kappa shape index (κ1) is 21.0. The van der Waals surface area contributed by atoms with E-state index in [9.17, 15) is 4.79 Å². The Hall–Kier alpha value is -3.25. The second-order valence-corrected chi connectivity index (χ2v) is 7.97. The van der Waals surface area contributed by atoms with E-state index in [1.54, 1.807) is 31.4 Å². The summed E-state index contributed by atoms with van der Waals surface area (Å²) in [5, 5.41) is 6.71. The van der Waals surface area contributed by atoms with Gasteiger partial charge in [-0.25, -0.2) is 4.79 Å². The predicted octanol–water partition coefficient (Wildman–Crippen LogP) is 4.93. The van der Waals surface area contributed by atoms with Gasteiger partial charge in [0.25, 0.3) is 0 Å². The van der Waals surface area contributed by atoms with Gasteiger partial charge in [0, 0.05) is 53.8 Å². The van der Waals surface area contributed by atoms with Crippen LogP contribution in [0.15, 0.2) is 73.1 Å². The van der Waals surface area contributed by atoms with Crippen LogP contribution < -0.4 is 20.3 Å². The number of rotatable bonds is 5. The number of pyridine rings is 1. The minimum Gasteiger partial charge on any atom is -0.497 e. The summed E-state index contributed by atoms with van der Waals surface area (Å²) >= 11 is 5.93. The molecular weight excluding hydrogens is 412 g/mol. The highest BCUT2D eigenvalue weighted by atomic mass is 35.5. The van der Waals surface area contributed by atoms with E-state index in [4.69, 9.17) is 16.3 Å². The van der Waals surface area contributed by atoms with Gasteiger partial charge < -0.3 is 20.3 Å². The van der Waals surface area contributed by atoms with Gasteiger partial charge in [0.15, 0.2) is 0 Å². The smallest absolute Gasteiger partial charge is 0.319 e. The molecule has 2 unspecified atom stereocenters. The summed E-state index contributed by atoms with van der Waals surface area (Å²) in [5.41, 5.74) is 3.01. The average molecular weight is 437 g/mol. The Labute approximate surface area is 187 Å². The molecule has 1 aliphatic rings. The van der Waals surface area contributed by atoms with E-state index in [1.165, 1.54) is 0 Å². The number of carbonyl (C=O) groups excluding carboxylic acids is 1. The van der Waals surface area contributed by atoms with Crippen molar-refractivity contribution >= 4 is 29.0 Å². The summed E-state index contributed by atoms with van der Waals surface area (Å²) < 4.78 is 5.31.